The lowest BCUT2D eigenvalue weighted by Gasteiger charge is -2.35. The fourth-order valence-corrected chi connectivity index (χ4v) is 3.62. The molecule has 1 aromatic heterocycles. The Morgan fingerprint density at radius 2 is 2.00 bits per heavy atom. The van der Waals surface area contributed by atoms with Gasteiger partial charge in [0, 0.05) is 38.6 Å². The molecule has 0 bridgehead atoms. The summed E-state index contributed by atoms with van der Waals surface area (Å²) in [5, 5.41) is 7.56. The number of guanidine groups is 1. The van der Waals surface area contributed by atoms with Gasteiger partial charge in [-0.1, -0.05) is 0 Å². The second-order valence-electron chi connectivity index (χ2n) is 6.35. The zero-order valence-corrected chi connectivity index (χ0v) is 18.8. The van der Waals surface area contributed by atoms with E-state index in [1.807, 2.05) is 0 Å². The standard InChI is InChI=1S/C16H26F3N5OS.HI/c1-11-8-24(9-12(2)25-11)6-4-5-21-15(20-3)22-7-14-23-13(10-26-14)16(17,18)19;/h10-12H,4-9H2,1-3H3,(H2,20,21,22);1H. The minimum absolute atomic E-state index is 0. The molecule has 156 valence electrons. The van der Waals surface area contributed by atoms with Crippen molar-refractivity contribution in [1.82, 2.24) is 20.5 Å². The maximum Gasteiger partial charge on any atom is 0.434 e. The second kappa shape index (κ2) is 11.4. The lowest BCUT2D eigenvalue weighted by molar-refractivity contribution is -0.140. The molecule has 2 N–H and O–H groups in total. The summed E-state index contributed by atoms with van der Waals surface area (Å²) in [6.07, 6.45) is -2.96. The monoisotopic (exact) mass is 521 g/mol. The van der Waals surface area contributed by atoms with Crippen molar-refractivity contribution in [2.24, 2.45) is 4.99 Å². The van der Waals surface area contributed by atoms with Crippen LogP contribution < -0.4 is 10.6 Å². The van der Waals surface area contributed by atoms with Crippen LogP contribution in [0.5, 0.6) is 0 Å². The van der Waals surface area contributed by atoms with Gasteiger partial charge in [-0.3, -0.25) is 9.89 Å². The molecule has 0 spiro atoms. The molecule has 1 aromatic rings. The van der Waals surface area contributed by atoms with Gasteiger partial charge in [0.05, 0.1) is 18.8 Å². The van der Waals surface area contributed by atoms with Crippen LogP contribution >= 0.6 is 35.3 Å². The van der Waals surface area contributed by atoms with Gasteiger partial charge in [0.15, 0.2) is 11.7 Å². The quantitative estimate of drug-likeness (QED) is 0.261. The first-order valence-corrected chi connectivity index (χ1v) is 9.50. The molecule has 1 saturated heterocycles. The van der Waals surface area contributed by atoms with Crippen molar-refractivity contribution in [2.45, 2.75) is 45.2 Å². The molecule has 6 nitrogen and oxygen atoms in total. The molecular formula is C16H27F3IN5OS. The van der Waals surface area contributed by atoms with Crippen LogP contribution in [0.25, 0.3) is 0 Å². The molecule has 0 saturated carbocycles. The molecule has 11 heteroatoms. The number of morpholine rings is 1. The first-order chi connectivity index (χ1) is 12.3. The van der Waals surface area contributed by atoms with Gasteiger partial charge >= 0.3 is 6.18 Å². The number of aliphatic imine (C=N–C) groups is 1. The fraction of sp³-hybridized carbons (Fsp3) is 0.750. The molecule has 2 heterocycles. The van der Waals surface area contributed by atoms with Crippen LogP contribution in [-0.2, 0) is 17.5 Å². The minimum atomic E-state index is -4.40. The van der Waals surface area contributed by atoms with E-state index in [2.05, 4.69) is 39.4 Å². The SMILES string of the molecule is CN=C(NCCCN1CC(C)OC(C)C1)NCc1nc(C(F)(F)F)cs1.I. The molecule has 1 fully saturated rings. The number of rotatable bonds is 6. The maximum absolute atomic E-state index is 12.5. The summed E-state index contributed by atoms with van der Waals surface area (Å²) in [5.41, 5.74) is -0.851. The lowest BCUT2D eigenvalue weighted by atomic mass is 10.2. The molecular weight excluding hydrogens is 494 g/mol. The number of hydrogen-bond donors (Lipinski definition) is 2. The summed E-state index contributed by atoms with van der Waals surface area (Å²) in [5.74, 6) is 0.553. The molecule has 0 radical (unpaired) electrons. The van der Waals surface area contributed by atoms with Crippen LogP contribution in [0.4, 0.5) is 13.2 Å². The predicted molar refractivity (Wildman–Crippen MR) is 112 cm³/mol. The van der Waals surface area contributed by atoms with Crippen LogP contribution in [0.2, 0.25) is 0 Å². The van der Waals surface area contributed by atoms with E-state index in [4.69, 9.17) is 4.74 Å². The van der Waals surface area contributed by atoms with E-state index < -0.39 is 11.9 Å². The Morgan fingerprint density at radius 1 is 1.33 bits per heavy atom. The van der Waals surface area contributed by atoms with Gasteiger partial charge in [-0.05, 0) is 20.3 Å². The maximum atomic E-state index is 12.5. The number of ether oxygens (including phenoxy) is 1. The van der Waals surface area contributed by atoms with Crippen molar-refractivity contribution >= 4 is 41.3 Å². The zero-order chi connectivity index (χ0) is 19.2. The highest BCUT2D eigenvalue weighted by molar-refractivity contribution is 14.0. The van der Waals surface area contributed by atoms with E-state index in [0.29, 0.717) is 11.0 Å². The molecule has 2 unspecified atom stereocenters. The Balaban J connectivity index is 0.00000364. The predicted octanol–water partition coefficient (Wildman–Crippen LogP) is 2.94. The third-order valence-corrected chi connectivity index (χ3v) is 4.76. The number of alkyl halides is 3. The summed E-state index contributed by atoms with van der Waals surface area (Å²) >= 11 is 0.981. The fourth-order valence-electron chi connectivity index (χ4n) is 2.88. The van der Waals surface area contributed by atoms with Crippen molar-refractivity contribution < 1.29 is 17.9 Å². The summed E-state index contributed by atoms with van der Waals surface area (Å²) < 4.78 is 43.4. The third kappa shape index (κ3) is 8.48. The number of aromatic nitrogens is 1. The van der Waals surface area contributed by atoms with Gasteiger partial charge in [0.2, 0.25) is 0 Å². The Bertz CT molecular complexity index is 589. The molecule has 27 heavy (non-hydrogen) atoms. The van der Waals surface area contributed by atoms with E-state index in [1.165, 1.54) is 0 Å². The highest BCUT2D eigenvalue weighted by atomic mass is 127. The first kappa shape index (κ1) is 24.4. The van der Waals surface area contributed by atoms with Crippen LogP contribution in [-0.4, -0.2) is 61.3 Å². The molecule has 0 amide bonds. The van der Waals surface area contributed by atoms with Gasteiger partial charge in [0.1, 0.15) is 5.01 Å². The zero-order valence-electron chi connectivity index (χ0n) is 15.7. The minimum Gasteiger partial charge on any atom is -0.373 e. The van der Waals surface area contributed by atoms with E-state index in [1.54, 1.807) is 7.05 Å². The highest BCUT2D eigenvalue weighted by Gasteiger charge is 2.33. The van der Waals surface area contributed by atoms with E-state index in [9.17, 15) is 13.2 Å². The summed E-state index contributed by atoms with van der Waals surface area (Å²) in [4.78, 5) is 10.1. The van der Waals surface area contributed by atoms with Crippen LogP contribution in [0, 0.1) is 0 Å². The van der Waals surface area contributed by atoms with E-state index in [-0.39, 0.29) is 42.7 Å². The third-order valence-electron chi connectivity index (χ3n) is 3.91. The number of thiazole rings is 1. The number of nitrogens with one attached hydrogen (secondary N) is 2. The second-order valence-corrected chi connectivity index (χ2v) is 7.29. The smallest absolute Gasteiger partial charge is 0.373 e. The Hall–Kier alpha value is -0.660. The van der Waals surface area contributed by atoms with E-state index >= 15 is 0 Å². The molecule has 1 aliphatic heterocycles. The average molecular weight is 521 g/mol. The van der Waals surface area contributed by atoms with Crippen molar-refractivity contribution in [3.63, 3.8) is 0 Å². The van der Waals surface area contributed by atoms with Gasteiger partial charge in [-0.15, -0.1) is 35.3 Å². The van der Waals surface area contributed by atoms with Crippen LogP contribution in [0.15, 0.2) is 10.4 Å². The van der Waals surface area contributed by atoms with Gasteiger partial charge in [-0.25, -0.2) is 4.98 Å². The van der Waals surface area contributed by atoms with Crippen LogP contribution in [0.3, 0.4) is 0 Å². The summed E-state index contributed by atoms with van der Waals surface area (Å²) in [6.45, 7) is 7.92. The molecule has 2 rings (SSSR count). The largest absolute Gasteiger partial charge is 0.434 e. The number of hydrogen-bond acceptors (Lipinski definition) is 5. The van der Waals surface area contributed by atoms with Gasteiger partial charge in [0.25, 0.3) is 0 Å². The number of halogens is 4. The number of nitrogens with zero attached hydrogens (tertiary/aromatic N) is 3. The first-order valence-electron chi connectivity index (χ1n) is 8.62. The molecule has 0 aromatic carbocycles. The normalized spacial score (nSPS) is 21.6. The summed E-state index contributed by atoms with van der Waals surface area (Å²) in [7, 11) is 1.63. The van der Waals surface area contributed by atoms with Crippen molar-refractivity contribution in [1.29, 1.82) is 0 Å². The molecule has 1 aliphatic rings. The summed E-state index contributed by atoms with van der Waals surface area (Å²) in [6, 6.07) is 0. The van der Waals surface area contributed by atoms with Crippen molar-refractivity contribution in [2.75, 3.05) is 33.2 Å². The molecule has 2 atom stereocenters. The van der Waals surface area contributed by atoms with Gasteiger partial charge < -0.3 is 15.4 Å². The lowest BCUT2D eigenvalue weighted by Crippen LogP contribution is -2.46. The van der Waals surface area contributed by atoms with Crippen LogP contribution in [0.1, 0.15) is 31.0 Å². The molecule has 0 aliphatic carbocycles. The average Bonchev–Trinajstić information content (AvgIpc) is 3.02. The highest BCUT2D eigenvalue weighted by Crippen LogP contribution is 2.29. The Labute approximate surface area is 179 Å². The van der Waals surface area contributed by atoms with Crippen molar-refractivity contribution in [3.05, 3.63) is 16.1 Å². The van der Waals surface area contributed by atoms with Gasteiger partial charge in [-0.2, -0.15) is 13.2 Å². The Morgan fingerprint density at radius 3 is 2.56 bits per heavy atom. The van der Waals surface area contributed by atoms with Crippen molar-refractivity contribution in [3.8, 4) is 0 Å². The topological polar surface area (TPSA) is 61.8 Å². The Kier molecular flexibility index (Phi) is 10.3. The van der Waals surface area contributed by atoms with E-state index in [0.717, 1.165) is 49.3 Å².